The fourth-order valence-corrected chi connectivity index (χ4v) is 3.41. The maximum Gasteiger partial charge on any atom is 0.274 e. The predicted molar refractivity (Wildman–Crippen MR) is 119 cm³/mol. The molecule has 0 atom stereocenters. The van der Waals surface area contributed by atoms with Crippen molar-refractivity contribution < 1.29 is 19.6 Å². The van der Waals surface area contributed by atoms with Crippen LogP contribution in [0, 0.1) is 10.1 Å². The topological polar surface area (TPSA) is 109 Å². The summed E-state index contributed by atoms with van der Waals surface area (Å²) in [6, 6.07) is 10.0. The largest absolute Gasteiger partial charge is 0.504 e. The maximum absolute atomic E-state index is 11.8. The molecule has 164 valence electrons. The quantitative estimate of drug-likeness (QED) is 0.412. The van der Waals surface area contributed by atoms with Gasteiger partial charge in [-0.15, -0.1) is 0 Å². The lowest BCUT2D eigenvalue weighted by atomic mass is 10.1. The second kappa shape index (κ2) is 9.92. The van der Waals surface area contributed by atoms with E-state index in [0.717, 1.165) is 18.8 Å². The van der Waals surface area contributed by atoms with Crippen molar-refractivity contribution in [3.8, 4) is 11.5 Å². The highest BCUT2D eigenvalue weighted by molar-refractivity contribution is 5.88. The summed E-state index contributed by atoms with van der Waals surface area (Å²) in [4.78, 5) is 30.9. The minimum absolute atomic E-state index is 0.0502. The Morgan fingerprint density at radius 1 is 1.19 bits per heavy atom. The number of phenolic OH excluding ortho intramolecular Hbond substituents is 1. The van der Waals surface area contributed by atoms with Crippen molar-refractivity contribution in [3.63, 3.8) is 0 Å². The molecule has 3 rings (SSSR count). The number of phenols is 1. The van der Waals surface area contributed by atoms with E-state index < -0.39 is 4.92 Å². The zero-order valence-electron chi connectivity index (χ0n) is 17.7. The van der Waals surface area contributed by atoms with Gasteiger partial charge in [0.25, 0.3) is 5.69 Å². The molecule has 9 nitrogen and oxygen atoms in total. The molecule has 1 aliphatic heterocycles. The summed E-state index contributed by atoms with van der Waals surface area (Å²) < 4.78 is 5.29. The molecule has 0 radical (unpaired) electrons. The van der Waals surface area contributed by atoms with Crippen molar-refractivity contribution >= 4 is 29.2 Å². The third-order valence-electron chi connectivity index (χ3n) is 5.10. The molecule has 1 amide bonds. The predicted octanol–water partition coefficient (Wildman–Crippen LogP) is 3.51. The van der Waals surface area contributed by atoms with Crippen molar-refractivity contribution in [2.24, 2.45) is 4.99 Å². The number of nitro benzene ring substituents is 1. The Hall–Kier alpha value is -3.62. The van der Waals surface area contributed by atoms with Crippen molar-refractivity contribution in [1.29, 1.82) is 0 Å². The first-order valence-corrected chi connectivity index (χ1v) is 10.2. The minimum atomic E-state index is -0.540. The molecule has 1 N–H and O–H groups in total. The lowest BCUT2D eigenvalue weighted by Crippen LogP contribution is -2.48. The molecular formula is C22H26N4O5. The second-order valence-electron chi connectivity index (χ2n) is 7.07. The minimum Gasteiger partial charge on any atom is -0.504 e. The number of piperazine rings is 1. The number of nitro groups is 1. The molecule has 2 aromatic rings. The number of amides is 1. The van der Waals surface area contributed by atoms with Crippen LogP contribution in [0.25, 0.3) is 0 Å². The fraction of sp³-hybridized carbons (Fsp3) is 0.364. The van der Waals surface area contributed by atoms with Crippen molar-refractivity contribution in [2.45, 2.75) is 20.3 Å². The van der Waals surface area contributed by atoms with Crippen LogP contribution >= 0.6 is 0 Å². The number of benzene rings is 2. The summed E-state index contributed by atoms with van der Waals surface area (Å²) >= 11 is 0. The Labute approximate surface area is 180 Å². The van der Waals surface area contributed by atoms with Crippen LogP contribution in [0.5, 0.6) is 11.5 Å². The fourth-order valence-electron chi connectivity index (χ4n) is 3.41. The summed E-state index contributed by atoms with van der Waals surface area (Å²) in [6.45, 7) is 6.84. The van der Waals surface area contributed by atoms with Gasteiger partial charge in [-0.05, 0) is 31.2 Å². The Balaban J connectivity index is 1.71. The first-order valence-electron chi connectivity index (χ1n) is 10.2. The summed E-state index contributed by atoms with van der Waals surface area (Å²) in [5, 5.41) is 21.5. The molecule has 1 aliphatic rings. The van der Waals surface area contributed by atoms with Crippen molar-refractivity contribution in [3.05, 3.63) is 52.1 Å². The van der Waals surface area contributed by atoms with Gasteiger partial charge in [0, 0.05) is 56.1 Å². The number of ether oxygens (including phenoxy) is 1. The molecule has 0 saturated carbocycles. The Kier molecular flexibility index (Phi) is 7.07. The van der Waals surface area contributed by atoms with E-state index in [1.807, 2.05) is 36.1 Å². The van der Waals surface area contributed by atoms with E-state index in [4.69, 9.17) is 4.74 Å². The van der Waals surface area contributed by atoms with Gasteiger partial charge in [0.15, 0.2) is 11.5 Å². The molecule has 0 aliphatic carbocycles. The van der Waals surface area contributed by atoms with Gasteiger partial charge in [-0.3, -0.25) is 19.9 Å². The molecule has 1 heterocycles. The number of carbonyl (C=O) groups excluding carboxylic acids is 1. The standard InChI is InChI=1S/C22H26N4O5/c1-3-21(27)25-11-9-24(10-12-25)18-7-5-17(6-8-18)23-15-16-13-19(26(29)30)14-20(22(16)28)31-4-2/h5-8,13-15,28H,3-4,9-12H2,1-2H3. The lowest BCUT2D eigenvalue weighted by molar-refractivity contribution is -0.385. The number of hydrogen-bond acceptors (Lipinski definition) is 7. The first kappa shape index (κ1) is 22.1. The molecule has 0 bridgehead atoms. The highest BCUT2D eigenvalue weighted by Crippen LogP contribution is 2.34. The van der Waals surface area contributed by atoms with Crippen molar-refractivity contribution in [2.75, 3.05) is 37.7 Å². The van der Waals surface area contributed by atoms with Crippen LogP contribution in [0.15, 0.2) is 41.4 Å². The van der Waals surface area contributed by atoms with Gasteiger partial charge in [-0.25, -0.2) is 0 Å². The molecular weight excluding hydrogens is 400 g/mol. The van der Waals surface area contributed by atoms with Gasteiger partial charge in [0.1, 0.15) is 0 Å². The van der Waals surface area contributed by atoms with E-state index in [-0.39, 0.29) is 35.3 Å². The van der Waals surface area contributed by atoms with Crippen LogP contribution in [0.2, 0.25) is 0 Å². The van der Waals surface area contributed by atoms with Gasteiger partial charge in [-0.2, -0.15) is 0 Å². The summed E-state index contributed by atoms with van der Waals surface area (Å²) in [5.74, 6) is 0.0442. The van der Waals surface area contributed by atoms with Gasteiger partial charge in [0.05, 0.1) is 23.3 Å². The molecule has 9 heteroatoms. The summed E-state index contributed by atoms with van der Waals surface area (Å²) in [7, 11) is 0. The number of anilines is 1. The number of non-ortho nitro benzene ring substituents is 1. The number of nitrogens with zero attached hydrogens (tertiary/aromatic N) is 4. The van der Waals surface area contributed by atoms with Gasteiger partial charge in [-0.1, -0.05) is 6.92 Å². The third kappa shape index (κ3) is 5.30. The van der Waals surface area contributed by atoms with E-state index in [9.17, 15) is 20.0 Å². The van der Waals surface area contributed by atoms with E-state index in [0.29, 0.717) is 25.2 Å². The monoisotopic (exact) mass is 426 g/mol. The van der Waals surface area contributed by atoms with Crippen LogP contribution < -0.4 is 9.64 Å². The number of aliphatic imine (C=N–C) groups is 1. The van der Waals surface area contributed by atoms with Crippen molar-refractivity contribution in [1.82, 2.24) is 4.90 Å². The van der Waals surface area contributed by atoms with E-state index >= 15 is 0 Å². The van der Waals surface area contributed by atoms with Crippen LogP contribution in [0.1, 0.15) is 25.8 Å². The number of rotatable bonds is 7. The summed E-state index contributed by atoms with van der Waals surface area (Å²) in [5.41, 5.74) is 1.71. The smallest absolute Gasteiger partial charge is 0.274 e. The molecule has 1 fully saturated rings. The molecule has 0 aromatic heterocycles. The highest BCUT2D eigenvalue weighted by atomic mass is 16.6. The zero-order chi connectivity index (χ0) is 22.4. The Bertz CT molecular complexity index is 967. The molecule has 2 aromatic carbocycles. The van der Waals surface area contributed by atoms with Gasteiger partial charge >= 0.3 is 0 Å². The van der Waals surface area contributed by atoms with Crippen LogP contribution in [-0.4, -0.2) is 59.8 Å². The van der Waals surface area contributed by atoms with Crippen LogP contribution in [-0.2, 0) is 4.79 Å². The van der Waals surface area contributed by atoms with E-state index in [1.165, 1.54) is 18.3 Å². The van der Waals surface area contributed by atoms with Crippen LogP contribution in [0.4, 0.5) is 17.1 Å². The van der Waals surface area contributed by atoms with E-state index in [1.54, 1.807) is 6.92 Å². The zero-order valence-corrected chi connectivity index (χ0v) is 17.7. The average Bonchev–Trinajstić information content (AvgIpc) is 2.79. The molecule has 1 saturated heterocycles. The molecule has 0 unspecified atom stereocenters. The van der Waals surface area contributed by atoms with E-state index in [2.05, 4.69) is 9.89 Å². The average molecular weight is 426 g/mol. The summed E-state index contributed by atoms with van der Waals surface area (Å²) in [6.07, 6.45) is 1.91. The Morgan fingerprint density at radius 3 is 2.45 bits per heavy atom. The van der Waals surface area contributed by atoms with Gasteiger partial charge < -0.3 is 19.6 Å². The normalized spacial score (nSPS) is 14.1. The number of hydrogen-bond donors (Lipinski definition) is 1. The highest BCUT2D eigenvalue weighted by Gasteiger charge is 2.20. The number of aromatic hydroxyl groups is 1. The molecule has 31 heavy (non-hydrogen) atoms. The van der Waals surface area contributed by atoms with Crippen LogP contribution in [0.3, 0.4) is 0 Å². The SMILES string of the molecule is CCOc1cc([N+](=O)[O-])cc(C=Nc2ccc(N3CCN(C(=O)CC)CC3)cc2)c1O. The molecule has 0 spiro atoms. The maximum atomic E-state index is 11.8. The lowest BCUT2D eigenvalue weighted by Gasteiger charge is -2.36. The number of carbonyl (C=O) groups is 1. The Morgan fingerprint density at radius 2 is 1.87 bits per heavy atom. The van der Waals surface area contributed by atoms with Gasteiger partial charge in [0.2, 0.25) is 5.91 Å². The second-order valence-corrected chi connectivity index (χ2v) is 7.07. The third-order valence-corrected chi connectivity index (χ3v) is 5.10. The first-order chi connectivity index (χ1) is 14.9.